The molecule has 3 aliphatic heterocycles. The predicted octanol–water partition coefficient (Wildman–Crippen LogP) is 7.10. The lowest BCUT2D eigenvalue weighted by Gasteiger charge is -2.45. The molecule has 47 heavy (non-hydrogen) atoms. The zero-order valence-electron chi connectivity index (χ0n) is 28.2. The van der Waals surface area contributed by atoms with Crippen LogP contribution in [-0.2, 0) is 31.5 Å². The molecule has 244 valence electrons. The first-order valence-corrected chi connectivity index (χ1v) is 16.7. The first-order chi connectivity index (χ1) is 22.7. The van der Waals surface area contributed by atoms with Crippen LogP contribution in [0.5, 0.6) is 11.5 Å². The first kappa shape index (κ1) is 31.1. The van der Waals surface area contributed by atoms with E-state index in [-0.39, 0.29) is 11.4 Å². The molecule has 7 rings (SSSR count). The van der Waals surface area contributed by atoms with Gasteiger partial charge in [-0.25, -0.2) is 9.48 Å². The number of benzene rings is 3. The molecule has 2 amide bonds. The number of aromatic nitrogens is 2. The van der Waals surface area contributed by atoms with E-state index in [9.17, 15) is 4.79 Å². The van der Waals surface area contributed by atoms with E-state index in [1.165, 1.54) is 11.1 Å². The highest BCUT2D eigenvalue weighted by Gasteiger charge is 2.56. The van der Waals surface area contributed by atoms with Gasteiger partial charge in [-0.1, -0.05) is 63.2 Å². The Morgan fingerprint density at radius 2 is 1.64 bits per heavy atom. The quantitative estimate of drug-likeness (QED) is 0.208. The summed E-state index contributed by atoms with van der Waals surface area (Å²) in [4.78, 5) is 21.5. The molecule has 8 nitrogen and oxygen atoms in total. The number of nitrogens with zero attached hydrogens (tertiary/aromatic N) is 5. The monoisotopic (exact) mass is 631 g/mol. The van der Waals surface area contributed by atoms with Crippen LogP contribution < -0.4 is 9.47 Å². The summed E-state index contributed by atoms with van der Waals surface area (Å²) in [7, 11) is 3.39. The number of amides is 2. The molecule has 2 fully saturated rings. The average molecular weight is 632 g/mol. The van der Waals surface area contributed by atoms with E-state index in [0.29, 0.717) is 13.1 Å². The fraction of sp³-hybridized carbons (Fsp3) is 0.385. The highest BCUT2D eigenvalue weighted by molar-refractivity contribution is 5.83. The molecule has 0 N–H and O–H groups in total. The molecule has 0 radical (unpaired) electrons. The summed E-state index contributed by atoms with van der Waals surface area (Å²) in [6.45, 7) is 10.4. The van der Waals surface area contributed by atoms with Gasteiger partial charge < -0.3 is 14.4 Å². The van der Waals surface area contributed by atoms with Crippen molar-refractivity contribution in [2.75, 3.05) is 27.3 Å². The van der Waals surface area contributed by atoms with Crippen molar-refractivity contribution >= 4 is 6.03 Å². The topological polar surface area (TPSA) is 63.1 Å². The van der Waals surface area contributed by atoms with Gasteiger partial charge in [0.05, 0.1) is 32.0 Å². The molecule has 8 heteroatoms. The second-order valence-corrected chi connectivity index (χ2v) is 13.7. The Balaban J connectivity index is 1.25. The summed E-state index contributed by atoms with van der Waals surface area (Å²) in [5.41, 5.74) is 7.32. The molecule has 3 aromatic carbocycles. The van der Waals surface area contributed by atoms with Crippen LogP contribution in [0.3, 0.4) is 0 Å². The maximum atomic E-state index is 14.7. The van der Waals surface area contributed by atoms with Gasteiger partial charge in [-0.15, -0.1) is 0 Å². The van der Waals surface area contributed by atoms with E-state index in [0.717, 1.165) is 78.5 Å². The Hall–Kier alpha value is -4.56. The number of carbonyl (C=O) groups excluding carboxylic acids is 1. The summed E-state index contributed by atoms with van der Waals surface area (Å²) >= 11 is 0. The number of urea groups is 1. The lowest BCUT2D eigenvalue weighted by molar-refractivity contribution is 0.0814. The second kappa shape index (κ2) is 12.2. The average Bonchev–Trinajstić information content (AvgIpc) is 3.66. The molecule has 0 unspecified atom stereocenters. The van der Waals surface area contributed by atoms with Crippen LogP contribution in [-0.4, -0.2) is 63.4 Å². The standard InChI is InChI=1S/C39H45N5O3/c1-6-28-9-7-10-30(21-28)25-41-19-15-39(16-20-41)35-24-38(2,3)36-31(22-33(46-4)23-34(36)47-5)27-42(35)37(45)43(39)26-29-11-13-32(14-12-29)44-18-8-17-40-44/h7-14,17-18,21-24H,6,15-16,19-20,25-27H2,1-5H3. The van der Waals surface area contributed by atoms with E-state index in [2.05, 4.69) is 96.3 Å². The number of likely N-dealkylation sites (tertiary alicyclic amines) is 1. The minimum atomic E-state index is -0.420. The van der Waals surface area contributed by atoms with Crippen molar-refractivity contribution in [3.63, 3.8) is 0 Å². The molecule has 3 aliphatic rings. The summed E-state index contributed by atoms with van der Waals surface area (Å²) in [6.07, 6.45) is 8.85. The molecular formula is C39H45N5O3. The van der Waals surface area contributed by atoms with Crippen molar-refractivity contribution in [3.8, 4) is 17.2 Å². The summed E-state index contributed by atoms with van der Waals surface area (Å²) in [6, 6.07) is 23.4. The van der Waals surface area contributed by atoms with Gasteiger partial charge in [0, 0.05) is 61.3 Å². The van der Waals surface area contributed by atoms with Gasteiger partial charge in [-0.2, -0.15) is 5.10 Å². The summed E-state index contributed by atoms with van der Waals surface area (Å²) in [5.74, 6) is 1.53. The first-order valence-electron chi connectivity index (χ1n) is 16.7. The number of carbonyl (C=O) groups is 1. The van der Waals surface area contributed by atoms with Crippen molar-refractivity contribution in [1.29, 1.82) is 0 Å². The van der Waals surface area contributed by atoms with Gasteiger partial charge in [0.2, 0.25) is 0 Å². The molecule has 4 aromatic rings. The molecule has 0 saturated carbocycles. The van der Waals surface area contributed by atoms with Crippen molar-refractivity contribution in [1.82, 2.24) is 24.5 Å². The van der Waals surface area contributed by atoms with Crippen molar-refractivity contribution in [2.24, 2.45) is 0 Å². The van der Waals surface area contributed by atoms with Crippen LogP contribution in [0.4, 0.5) is 4.79 Å². The van der Waals surface area contributed by atoms with Crippen LogP contribution in [0.2, 0.25) is 0 Å². The van der Waals surface area contributed by atoms with E-state index in [1.807, 2.05) is 27.9 Å². The molecule has 0 aliphatic carbocycles. The minimum absolute atomic E-state index is 0.0573. The zero-order chi connectivity index (χ0) is 32.8. The van der Waals surface area contributed by atoms with Crippen LogP contribution in [0, 0.1) is 0 Å². The van der Waals surface area contributed by atoms with Gasteiger partial charge in [0.25, 0.3) is 0 Å². The SMILES string of the molecule is CCc1cccc(CN2CCC3(CC2)C2=CC(C)(C)c4c(cc(OC)cc4OC)CN2C(=O)N3Cc2ccc(-n3cccn3)cc2)c1. The Kier molecular flexibility index (Phi) is 8.08. The third-order valence-electron chi connectivity index (χ3n) is 10.4. The van der Waals surface area contributed by atoms with Crippen molar-refractivity contribution < 1.29 is 14.3 Å². The predicted molar refractivity (Wildman–Crippen MR) is 184 cm³/mol. The highest BCUT2D eigenvalue weighted by Crippen LogP contribution is 2.51. The lowest BCUT2D eigenvalue weighted by Crippen LogP contribution is -2.53. The number of hydrogen-bond donors (Lipinski definition) is 0. The fourth-order valence-electron chi connectivity index (χ4n) is 7.94. The molecule has 0 atom stereocenters. The zero-order valence-corrected chi connectivity index (χ0v) is 28.2. The fourth-order valence-corrected chi connectivity index (χ4v) is 7.94. The smallest absolute Gasteiger partial charge is 0.325 e. The number of fused-ring (bicyclic) bond motifs is 3. The summed E-state index contributed by atoms with van der Waals surface area (Å²) < 4.78 is 13.4. The largest absolute Gasteiger partial charge is 0.497 e. The van der Waals surface area contributed by atoms with Gasteiger partial charge in [-0.05, 0) is 65.8 Å². The van der Waals surface area contributed by atoms with Gasteiger partial charge in [-0.3, -0.25) is 9.80 Å². The number of methoxy groups -OCH3 is 2. The van der Waals surface area contributed by atoms with Crippen molar-refractivity contribution in [3.05, 3.63) is 119 Å². The molecule has 4 heterocycles. The van der Waals surface area contributed by atoms with Crippen LogP contribution in [0.25, 0.3) is 5.69 Å². The molecular weight excluding hydrogens is 586 g/mol. The number of aryl methyl sites for hydroxylation is 1. The van der Waals surface area contributed by atoms with E-state index >= 15 is 0 Å². The maximum Gasteiger partial charge on any atom is 0.325 e. The Morgan fingerprint density at radius 1 is 0.872 bits per heavy atom. The third kappa shape index (κ3) is 5.58. The second-order valence-electron chi connectivity index (χ2n) is 13.7. The normalized spacial score (nSPS) is 18.5. The number of rotatable bonds is 8. The number of piperidine rings is 1. The van der Waals surface area contributed by atoms with Gasteiger partial charge in [0.1, 0.15) is 11.5 Å². The summed E-state index contributed by atoms with van der Waals surface area (Å²) in [5, 5.41) is 4.38. The van der Waals surface area contributed by atoms with E-state index in [4.69, 9.17) is 9.47 Å². The van der Waals surface area contributed by atoms with Gasteiger partial charge >= 0.3 is 6.03 Å². The molecule has 2 saturated heterocycles. The van der Waals surface area contributed by atoms with Crippen LogP contribution in [0.15, 0.2) is 90.9 Å². The molecule has 1 aromatic heterocycles. The Morgan fingerprint density at radius 3 is 2.32 bits per heavy atom. The molecule has 0 bridgehead atoms. The van der Waals surface area contributed by atoms with E-state index in [1.54, 1.807) is 20.4 Å². The number of hydrogen-bond acceptors (Lipinski definition) is 5. The molecule has 1 spiro atoms. The van der Waals surface area contributed by atoms with Gasteiger partial charge in [0.15, 0.2) is 0 Å². The van der Waals surface area contributed by atoms with E-state index < -0.39 is 5.54 Å². The maximum absolute atomic E-state index is 14.7. The Labute approximate surface area is 278 Å². The number of ether oxygens (including phenoxy) is 2. The third-order valence-corrected chi connectivity index (χ3v) is 10.4. The Bertz CT molecular complexity index is 1790. The van der Waals surface area contributed by atoms with Crippen LogP contribution in [0.1, 0.15) is 61.4 Å². The van der Waals surface area contributed by atoms with Crippen LogP contribution >= 0.6 is 0 Å². The minimum Gasteiger partial charge on any atom is -0.497 e. The highest BCUT2D eigenvalue weighted by atomic mass is 16.5. The lowest BCUT2D eigenvalue weighted by atomic mass is 9.77. The van der Waals surface area contributed by atoms with Crippen molar-refractivity contribution in [2.45, 2.75) is 70.6 Å². The number of allylic oxidation sites excluding steroid dienone is 1.